The van der Waals surface area contributed by atoms with Crippen molar-refractivity contribution in [3.63, 3.8) is 0 Å². The molecule has 0 saturated heterocycles. The SMILES string of the molecule is CC1=C(C)C(C)=C(C)[P+](Cl)(Cl)O1. The van der Waals surface area contributed by atoms with Gasteiger partial charge in [-0.1, -0.05) is 0 Å². The molecule has 1 nitrogen and oxygen atoms in total. The summed E-state index contributed by atoms with van der Waals surface area (Å²) >= 11 is 12.1. The molecule has 0 unspecified atom stereocenters. The van der Waals surface area contributed by atoms with Gasteiger partial charge < -0.3 is 4.52 Å². The molecule has 4 heteroatoms. The van der Waals surface area contributed by atoms with Crippen molar-refractivity contribution < 1.29 is 4.52 Å². The highest BCUT2D eigenvalue weighted by Gasteiger charge is 2.46. The smallest absolute Gasteiger partial charge is 0.313 e. The molecule has 1 aliphatic rings. The molecule has 0 atom stereocenters. The summed E-state index contributed by atoms with van der Waals surface area (Å²) in [6.07, 6.45) is -2.31. The fraction of sp³-hybridized carbons (Fsp3) is 0.500. The predicted molar refractivity (Wildman–Crippen MR) is 56.5 cm³/mol. The van der Waals surface area contributed by atoms with Gasteiger partial charge in [0.25, 0.3) is 0 Å². The maximum atomic E-state index is 6.04. The van der Waals surface area contributed by atoms with Crippen LogP contribution in [0, 0.1) is 0 Å². The van der Waals surface area contributed by atoms with Crippen LogP contribution in [0.4, 0.5) is 0 Å². The molecule has 12 heavy (non-hydrogen) atoms. The van der Waals surface area contributed by atoms with Crippen molar-refractivity contribution in [1.29, 1.82) is 0 Å². The van der Waals surface area contributed by atoms with E-state index in [1.165, 1.54) is 0 Å². The molecule has 1 aliphatic heterocycles. The van der Waals surface area contributed by atoms with Crippen LogP contribution in [0.3, 0.4) is 0 Å². The molecular weight excluding hydrogens is 214 g/mol. The third kappa shape index (κ3) is 1.64. The van der Waals surface area contributed by atoms with Gasteiger partial charge in [-0.15, -0.1) is 0 Å². The maximum absolute atomic E-state index is 6.04. The monoisotopic (exact) mass is 225 g/mol. The van der Waals surface area contributed by atoms with Gasteiger partial charge in [0.2, 0.25) is 0 Å². The van der Waals surface area contributed by atoms with Crippen LogP contribution in [0.25, 0.3) is 0 Å². The lowest BCUT2D eigenvalue weighted by molar-refractivity contribution is 0.471. The van der Waals surface area contributed by atoms with Crippen molar-refractivity contribution in [1.82, 2.24) is 0 Å². The Morgan fingerprint density at radius 1 is 1.00 bits per heavy atom. The topological polar surface area (TPSA) is 9.23 Å². The van der Waals surface area contributed by atoms with Crippen LogP contribution < -0.4 is 0 Å². The lowest BCUT2D eigenvalue weighted by Crippen LogP contribution is -2.00. The minimum absolute atomic E-state index is 0.844. The summed E-state index contributed by atoms with van der Waals surface area (Å²) < 4.78 is 5.43. The number of hydrogen-bond acceptors (Lipinski definition) is 1. The van der Waals surface area contributed by atoms with Gasteiger partial charge in [0, 0.05) is 6.92 Å². The average molecular weight is 226 g/mol. The Balaban J connectivity index is 3.20. The molecule has 68 valence electrons. The van der Waals surface area contributed by atoms with Crippen LogP contribution in [0.15, 0.2) is 22.2 Å². The molecule has 0 saturated carbocycles. The van der Waals surface area contributed by atoms with Crippen LogP contribution in [0.1, 0.15) is 27.7 Å². The Morgan fingerprint density at radius 3 is 2.00 bits per heavy atom. The van der Waals surface area contributed by atoms with Crippen LogP contribution in [0.5, 0.6) is 0 Å². The van der Waals surface area contributed by atoms with Crippen molar-refractivity contribution >= 4 is 28.7 Å². The fourth-order valence-electron chi connectivity index (χ4n) is 1.04. The Labute approximate surface area is 83.4 Å². The van der Waals surface area contributed by atoms with E-state index in [0.717, 1.165) is 22.2 Å². The molecule has 0 radical (unpaired) electrons. The summed E-state index contributed by atoms with van der Waals surface area (Å²) in [5, 5.41) is 0.980. The van der Waals surface area contributed by atoms with Crippen molar-refractivity contribution in [2.24, 2.45) is 0 Å². The first-order valence-corrected chi connectivity index (χ1v) is 7.22. The first kappa shape index (κ1) is 10.4. The van der Waals surface area contributed by atoms with E-state index in [1.54, 1.807) is 0 Å². The average Bonchev–Trinajstić information content (AvgIpc) is 1.97. The van der Waals surface area contributed by atoms with E-state index in [1.807, 2.05) is 27.7 Å². The second-order valence-corrected chi connectivity index (χ2v) is 8.10. The molecule has 0 amide bonds. The van der Waals surface area contributed by atoms with Crippen LogP contribution in [-0.4, -0.2) is 0 Å². The second kappa shape index (κ2) is 3.21. The minimum atomic E-state index is -2.31. The standard InChI is InChI=1S/C8H12Cl2OP/c1-5-6(2)8(4)12(9,10)11-7(5)3/h1-4H3/q+1. The summed E-state index contributed by atoms with van der Waals surface area (Å²) in [5.74, 6) is 0.844. The van der Waals surface area contributed by atoms with Gasteiger partial charge in [0.05, 0.1) is 0 Å². The highest BCUT2D eigenvalue weighted by molar-refractivity contribution is 8.16. The Kier molecular flexibility index (Phi) is 2.78. The van der Waals surface area contributed by atoms with Crippen molar-refractivity contribution in [2.75, 3.05) is 0 Å². The molecule has 0 spiro atoms. The molecule has 0 aromatic rings. The summed E-state index contributed by atoms with van der Waals surface area (Å²) in [4.78, 5) is 0. The normalized spacial score (nSPS) is 22.8. The van der Waals surface area contributed by atoms with Crippen LogP contribution in [0.2, 0.25) is 0 Å². The Morgan fingerprint density at radius 2 is 1.50 bits per heavy atom. The number of hydrogen-bond donors (Lipinski definition) is 0. The number of allylic oxidation sites excluding steroid dienone is 4. The second-order valence-electron chi connectivity index (χ2n) is 2.95. The lowest BCUT2D eigenvalue weighted by atomic mass is 10.1. The molecule has 0 N–H and O–H groups in total. The van der Waals surface area contributed by atoms with Gasteiger partial charge in [-0.2, -0.15) is 0 Å². The molecule has 0 aliphatic carbocycles. The van der Waals surface area contributed by atoms with E-state index < -0.39 is 6.19 Å². The van der Waals surface area contributed by atoms with E-state index >= 15 is 0 Å². The molecule has 1 heterocycles. The van der Waals surface area contributed by atoms with Gasteiger partial charge in [-0.3, -0.25) is 0 Å². The van der Waals surface area contributed by atoms with Gasteiger partial charge >= 0.3 is 6.19 Å². The first-order valence-electron chi connectivity index (χ1n) is 3.70. The van der Waals surface area contributed by atoms with E-state index in [0.29, 0.717) is 0 Å². The van der Waals surface area contributed by atoms with E-state index in [9.17, 15) is 0 Å². The minimum Gasteiger partial charge on any atom is -0.313 e. The quantitative estimate of drug-likeness (QED) is 0.536. The maximum Gasteiger partial charge on any atom is 0.410 e. The third-order valence-electron chi connectivity index (χ3n) is 2.28. The van der Waals surface area contributed by atoms with Crippen molar-refractivity contribution in [2.45, 2.75) is 27.7 Å². The van der Waals surface area contributed by atoms with Crippen molar-refractivity contribution in [3.05, 3.63) is 22.2 Å². The van der Waals surface area contributed by atoms with Crippen LogP contribution >= 0.6 is 28.7 Å². The zero-order valence-electron chi connectivity index (χ0n) is 7.61. The van der Waals surface area contributed by atoms with E-state index in [2.05, 4.69) is 0 Å². The van der Waals surface area contributed by atoms with Crippen molar-refractivity contribution in [3.8, 4) is 0 Å². The zero-order valence-corrected chi connectivity index (χ0v) is 10.0. The number of rotatable bonds is 0. The highest BCUT2D eigenvalue weighted by Crippen LogP contribution is 2.79. The van der Waals surface area contributed by atoms with E-state index in [4.69, 9.17) is 27.0 Å². The zero-order chi connectivity index (χ0) is 9.52. The highest BCUT2D eigenvalue weighted by atomic mass is 35.9. The Bertz CT molecular complexity index is 279. The third-order valence-corrected chi connectivity index (χ3v) is 5.83. The number of halogens is 2. The fourth-order valence-corrected chi connectivity index (χ4v) is 3.60. The Hall–Kier alpha value is 0.290. The molecule has 0 aromatic carbocycles. The first-order chi connectivity index (χ1) is 5.36. The summed E-state index contributed by atoms with van der Waals surface area (Å²) in [7, 11) is 0. The molecule has 0 aromatic heterocycles. The van der Waals surface area contributed by atoms with Gasteiger partial charge in [0.1, 0.15) is 5.31 Å². The molecule has 0 fully saturated rings. The molecule has 1 rings (SSSR count). The largest absolute Gasteiger partial charge is 0.410 e. The molecule has 0 bridgehead atoms. The summed E-state index contributed by atoms with van der Waals surface area (Å²) in [6.45, 7) is 7.86. The van der Waals surface area contributed by atoms with Gasteiger partial charge in [-0.05, 0) is 31.9 Å². The summed E-state index contributed by atoms with van der Waals surface area (Å²) in [5.41, 5.74) is 2.31. The molecular formula is C8H12Cl2OP+. The van der Waals surface area contributed by atoms with Gasteiger partial charge in [-0.25, -0.2) is 0 Å². The summed E-state index contributed by atoms with van der Waals surface area (Å²) in [6, 6.07) is 0. The van der Waals surface area contributed by atoms with E-state index in [-0.39, 0.29) is 0 Å². The van der Waals surface area contributed by atoms with Gasteiger partial charge in [0.15, 0.2) is 28.2 Å². The lowest BCUT2D eigenvalue weighted by Gasteiger charge is -2.20. The predicted octanol–water partition coefficient (Wildman–Crippen LogP) is 4.84. The van der Waals surface area contributed by atoms with Crippen LogP contribution in [-0.2, 0) is 4.52 Å².